The summed E-state index contributed by atoms with van der Waals surface area (Å²) in [6.07, 6.45) is 4.88. The molecule has 1 saturated carbocycles. The van der Waals surface area contributed by atoms with Crippen LogP contribution in [0.2, 0.25) is 10.0 Å². The summed E-state index contributed by atoms with van der Waals surface area (Å²) in [5.41, 5.74) is 1.89. The smallest absolute Gasteiger partial charge is 0.321 e. The zero-order chi connectivity index (χ0) is 22.0. The van der Waals surface area contributed by atoms with E-state index in [0.717, 1.165) is 31.8 Å². The van der Waals surface area contributed by atoms with Crippen LogP contribution in [0.1, 0.15) is 31.2 Å². The lowest BCUT2D eigenvalue weighted by atomic mass is 9.72. The van der Waals surface area contributed by atoms with Gasteiger partial charge < -0.3 is 15.1 Å². The van der Waals surface area contributed by atoms with Crippen molar-refractivity contribution >= 4 is 57.5 Å². The minimum absolute atomic E-state index is 0.0392. The van der Waals surface area contributed by atoms with Gasteiger partial charge >= 0.3 is 6.03 Å². The molecule has 0 radical (unpaired) electrons. The van der Waals surface area contributed by atoms with Crippen LogP contribution >= 0.6 is 45.8 Å². The maximum absolute atomic E-state index is 13.0. The average Bonchev–Trinajstić information content (AvgIpc) is 3.53. The van der Waals surface area contributed by atoms with Crippen LogP contribution in [0.15, 0.2) is 42.5 Å². The Morgan fingerprint density at radius 3 is 2.32 bits per heavy atom. The number of likely N-dealkylation sites (N-methyl/N-ethyl adjacent to an activating group) is 1. The molecule has 2 aliphatic rings. The van der Waals surface area contributed by atoms with E-state index in [1.165, 1.54) is 28.5 Å². The van der Waals surface area contributed by atoms with Gasteiger partial charge in [-0.25, -0.2) is 4.79 Å². The number of piperidine rings is 1. The first kappa shape index (κ1) is 23.1. The Labute approximate surface area is 208 Å². The first-order valence-corrected chi connectivity index (χ1v) is 12.6. The highest BCUT2D eigenvalue weighted by atomic mass is 127. The minimum atomic E-state index is -0.149. The van der Waals surface area contributed by atoms with Gasteiger partial charge in [0.2, 0.25) is 0 Å². The molecular weight excluding hydrogens is 544 g/mol. The third kappa shape index (κ3) is 6.06. The topological polar surface area (TPSA) is 35.6 Å². The van der Waals surface area contributed by atoms with Crippen molar-refractivity contribution in [3.05, 3.63) is 61.6 Å². The summed E-state index contributed by atoms with van der Waals surface area (Å²) in [5.74, 6) is 0.906. The molecular formula is C24H28Cl2IN3O. The summed E-state index contributed by atoms with van der Waals surface area (Å²) < 4.78 is 1.23. The molecule has 2 aromatic carbocycles. The molecule has 7 heteroatoms. The van der Waals surface area contributed by atoms with Crippen molar-refractivity contribution in [1.82, 2.24) is 9.80 Å². The number of rotatable bonds is 6. The number of benzene rings is 2. The van der Waals surface area contributed by atoms with Gasteiger partial charge in [-0.2, -0.15) is 0 Å². The number of nitrogens with zero attached hydrogens (tertiary/aromatic N) is 2. The molecule has 0 bridgehead atoms. The van der Waals surface area contributed by atoms with Gasteiger partial charge in [0.15, 0.2) is 0 Å². The number of likely N-dealkylation sites (tertiary alicyclic amines) is 1. The Kier molecular flexibility index (Phi) is 7.36. The maximum Gasteiger partial charge on any atom is 0.321 e. The molecule has 1 N–H and O–H groups in total. The van der Waals surface area contributed by atoms with Crippen LogP contribution in [-0.2, 0) is 5.41 Å². The van der Waals surface area contributed by atoms with Crippen molar-refractivity contribution in [2.45, 2.75) is 31.1 Å². The first-order valence-electron chi connectivity index (χ1n) is 10.8. The predicted molar refractivity (Wildman–Crippen MR) is 137 cm³/mol. The Morgan fingerprint density at radius 1 is 1.13 bits per heavy atom. The lowest BCUT2D eigenvalue weighted by Crippen LogP contribution is -2.50. The lowest BCUT2D eigenvalue weighted by molar-refractivity contribution is 0.129. The number of anilines is 1. The summed E-state index contributed by atoms with van der Waals surface area (Å²) >= 11 is 14.5. The molecule has 0 atom stereocenters. The molecule has 2 fully saturated rings. The second kappa shape index (κ2) is 9.86. The van der Waals surface area contributed by atoms with Crippen molar-refractivity contribution in [3.8, 4) is 0 Å². The van der Waals surface area contributed by atoms with E-state index in [1.807, 2.05) is 7.05 Å². The molecule has 4 nitrogen and oxygen atoms in total. The Morgan fingerprint density at radius 2 is 1.74 bits per heavy atom. The summed E-state index contributed by atoms with van der Waals surface area (Å²) in [4.78, 5) is 17.4. The summed E-state index contributed by atoms with van der Waals surface area (Å²) in [6.45, 7) is 4.07. The van der Waals surface area contributed by atoms with Gasteiger partial charge in [-0.1, -0.05) is 35.3 Å². The van der Waals surface area contributed by atoms with Crippen LogP contribution in [0.4, 0.5) is 10.5 Å². The largest absolute Gasteiger partial charge is 0.327 e. The normalized spacial score (nSPS) is 18.6. The van der Waals surface area contributed by atoms with E-state index >= 15 is 0 Å². The molecule has 1 saturated heterocycles. The van der Waals surface area contributed by atoms with Crippen molar-refractivity contribution < 1.29 is 4.79 Å². The standard InChI is InChI=1S/C24H28Cl2IN3O/c1-29(23(31)28-22-13-19(25)12-20(26)14-22)16-24(18-4-6-21(27)7-5-18)8-10-30(11-9-24)15-17-2-3-17/h4-7,12-14,17H,2-3,8-11,15-16H2,1H3,(H,28,31). The first-order chi connectivity index (χ1) is 14.8. The fraction of sp³-hybridized carbons (Fsp3) is 0.458. The van der Waals surface area contributed by atoms with E-state index in [0.29, 0.717) is 22.3 Å². The second-order valence-electron chi connectivity index (χ2n) is 8.98. The van der Waals surface area contributed by atoms with Crippen molar-refractivity contribution in [3.63, 3.8) is 0 Å². The molecule has 1 heterocycles. The molecule has 1 aliphatic heterocycles. The molecule has 2 aromatic rings. The average molecular weight is 572 g/mol. The number of carbonyl (C=O) groups is 1. The molecule has 1 aliphatic carbocycles. The molecule has 31 heavy (non-hydrogen) atoms. The van der Waals surface area contributed by atoms with E-state index in [4.69, 9.17) is 23.2 Å². The van der Waals surface area contributed by atoms with E-state index in [2.05, 4.69) is 57.1 Å². The van der Waals surface area contributed by atoms with Gasteiger partial charge in [-0.15, -0.1) is 0 Å². The van der Waals surface area contributed by atoms with Crippen molar-refractivity contribution in [2.24, 2.45) is 5.92 Å². The SMILES string of the molecule is CN(CC1(c2ccc(I)cc2)CCN(CC2CC2)CC1)C(=O)Nc1cc(Cl)cc(Cl)c1. The molecule has 0 spiro atoms. The molecule has 166 valence electrons. The van der Waals surface area contributed by atoms with E-state index in [-0.39, 0.29) is 11.4 Å². The van der Waals surface area contributed by atoms with Crippen LogP contribution in [-0.4, -0.2) is 49.1 Å². The van der Waals surface area contributed by atoms with Gasteiger partial charge in [-0.3, -0.25) is 0 Å². The van der Waals surface area contributed by atoms with Crippen LogP contribution in [0.25, 0.3) is 0 Å². The Bertz CT molecular complexity index is 905. The third-order valence-corrected chi connectivity index (χ3v) is 7.64. The van der Waals surface area contributed by atoms with Gasteiger partial charge in [0, 0.05) is 44.9 Å². The molecule has 4 rings (SSSR count). The highest BCUT2D eigenvalue weighted by Crippen LogP contribution is 2.38. The third-order valence-electron chi connectivity index (χ3n) is 6.48. The molecule has 0 aromatic heterocycles. The highest BCUT2D eigenvalue weighted by molar-refractivity contribution is 14.1. The number of hydrogen-bond donors (Lipinski definition) is 1. The zero-order valence-corrected chi connectivity index (χ0v) is 21.4. The maximum atomic E-state index is 13.0. The second-order valence-corrected chi connectivity index (χ2v) is 11.1. The van der Waals surface area contributed by atoms with Gasteiger partial charge in [0.05, 0.1) is 0 Å². The van der Waals surface area contributed by atoms with Crippen LogP contribution in [0.5, 0.6) is 0 Å². The van der Waals surface area contributed by atoms with Crippen LogP contribution in [0.3, 0.4) is 0 Å². The number of urea groups is 1. The quantitative estimate of drug-likeness (QED) is 0.401. The lowest BCUT2D eigenvalue weighted by Gasteiger charge is -2.44. The fourth-order valence-electron chi connectivity index (χ4n) is 4.54. The summed E-state index contributed by atoms with van der Waals surface area (Å²) in [5, 5.41) is 3.95. The Balaban J connectivity index is 1.48. The number of amides is 2. The van der Waals surface area contributed by atoms with Crippen LogP contribution in [0, 0.1) is 9.49 Å². The number of carbonyl (C=O) groups excluding carboxylic acids is 1. The van der Waals surface area contributed by atoms with Crippen LogP contribution < -0.4 is 5.32 Å². The van der Waals surface area contributed by atoms with Gasteiger partial charge in [0.25, 0.3) is 0 Å². The van der Waals surface area contributed by atoms with E-state index in [1.54, 1.807) is 23.1 Å². The predicted octanol–water partition coefficient (Wildman–Crippen LogP) is 6.51. The number of nitrogens with one attached hydrogen (secondary N) is 1. The van der Waals surface area contributed by atoms with Gasteiger partial charge in [0.1, 0.15) is 0 Å². The van der Waals surface area contributed by atoms with E-state index in [9.17, 15) is 4.79 Å². The fourth-order valence-corrected chi connectivity index (χ4v) is 5.43. The zero-order valence-electron chi connectivity index (χ0n) is 17.7. The number of hydrogen-bond acceptors (Lipinski definition) is 2. The minimum Gasteiger partial charge on any atom is -0.327 e. The van der Waals surface area contributed by atoms with Crippen molar-refractivity contribution in [1.29, 1.82) is 0 Å². The van der Waals surface area contributed by atoms with Crippen molar-refractivity contribution in [2.75, 3.05) is 38.5 Å². The Hall–Kier alpha value is -1.02. The molecule has 2 amide bonds. The highest BCUT2D eigenvalue weighted by Gasteiger charge is 2.39. The summed E-state index contributed by atoms with van der Waals surface area (Å²) in [7, 11) is 1.87. The molecule has 0 unspecified atom stereocenters. The van der Waals surface area contributed by atoms with Gasteiger partial charge in [-0.05, 0) is 103 Å². The monoisotopic (exact) mass is 571 g/mol. The van der Waals surface area contributed by atoms with E-state index < -0.39 is 0 Å². The summed E-state index contributed by atoms with van der Waals surface area (Å²) in [6, 6.07) is 13.7. The number of halogens is 3.